The van der Waals surface area contributed by atoms with Crippen molar-refractivity contribution in [2.75, 3.05) is 6.54 Å². The van der Waals surface area contributed by atoms with Crippen LogP contribution in [0.1, 0.15) is 52.9 Å². The lowest BCUT2D eigenvalue weighted by Crippen LogP contribution is -2.65. The molecule has 1 heterocycles. The summed E-state index contributed by atoms with van der Waals surface area (Å²) in [5.74, 6) is -0.691. The maximum absolute atomic E-state index is 12.6. The fourth-order valence-corrected chi connectivity index (χ4v) is 2.95. The summed E-state index contributed by atoms with van der Waals surface area (Å²) in [5.41, 5.74) is -1.17. The first-order valence-electron chi connectivity index (χ1n) is 6.94. The van der Waals surface area contributed by atoms with Crippen LogP contribution >= 0.6 is 0 Å². The number of nitrogens with zero attached hydrogens (tertiary/aromatic N) is 1. The topological polar surface area (TPSA) is 66.5 Å². The lowest BCUT2D eigenvalue weighted by Gasteiger charge is -2.42. The molecule has 1 saturated carbocycles. The maximum Gasteiger partial charge on any atom is 0.330 e. The van der Waals surface area contributed by atoms with Crippen LogP contribution in [-0.4, -0.2) is 29.3 Å². The van der Waals surface area contributed by atoms with Crippen molar-refractivity contribution in [3.8, 4) is 0 Å². The maximum atomic E-state index is 12.6. The van der Waals surface area contributed by atoms with Crippen molar-refractivity contribution in [3.63, 3.8) is 0 Å². The molecule has 4 amide bonds. The highest BCUT2D eigenvalue weighted by Gasteiger charge is 2.54. The minimum absolute atomic E-state index is 0.177. The van der Waals surface area contributed by atoms with E-state index in [9.17, 15) is 14.4 Å². The van der Waals surface area contributed by atoms with Crippen LogP contribution in [0.2, 0.25) is 0 Å². The minimum atomic E-state index is -0.989. The van der Waals surface area contributed by atoms with E-state index in [0.29, 0.717) is 19.4 Å². The van der Waals surface area contributed by atoms with Crippen LogP contribution < -0.4 is 5.32 Å². The molecule has 2 fully saturated rings. The van der Waals surface area contributed by atoms with Crippen LogP contribution in [0.25, 0.3) is 0 Å². The summed E-state index contributed by atoms with van der Waals surface area (Å²) in [6, 6.07) is -0.568. The van der Waals surface area contributed by atoms with E-state index in [2.05, 4.69) is 5.32 Å². The molecule has 1 aliphatic heterocycles. The fraction of sp³-hybridized carbons (Fsp3) is 0.786. The van der Waals surface area contributed by atoms with Gasteiger partial charge in [0, 0.05) is 6.54 Å². The van der Waals surface area contributed by atoms with Crippen LogP contribution in [0.15, 0.2) is 0 Å². The molecule has 0 aromatic carbocycles. The molecule has 0 atom stereocenters. The Morgan fingerprint density at radius 3 is 2.21 bits per heavy atom. The Bertz CT molecular complexity index is 417. The van der Waals surface area contributed by atoms with Gasteiger partial charge in [-0.1, -0.05) is 40.0 Å². The van der Waals surface area contributed by atoms with Gasteiger partial charge in [0.05, 0.1) is 0 Å². The molecule has 2 aliphatic rings. The van der Waals surface area contributed by atoms with E-state index in [1.165, 1.54) is 4.90 Å². The second kappa shape index (κ2) is 4.62. The monoisotopic (exact) mass is 266 g/mol. The number of hydrogen-bond acceptors (Lipinski definition) is 3. The van der Waals surface area contributed by atoms with Crippen molar-refractivity contribution < 1.29 is 14.4 Å². The van der Waals surface area contributed by atoms with Crippen LogP contribution in [-0.2, 0) is 9.59 Å². The summed E-state index contributed by atoms with van der Waals surface area (Å²) in [6.07, 6.45) is 3.92. The third kappa shape index (κ3) is 2.51. The van der Waals surface area contributed by atoms with Gasteiger partial charge in [0.25, 0.3) is 0 Å². The molecule has 0 unspecified atom stereocenters. The van der Waals surface area contributed by atoms with E-state index in [1.54, 1.807) is 0 Å². The molecular formula is C14H22N2O3. The Morgan fingerprint density at radius 2 is 1.68 bits per heavy atom. The molecule has 19 heavy (non-hydrogen) atoms. The van der Waals surface area contributed by atoms with Gasteiger partial charge in [0.15, 0.2) is 0 Å². The predicted octanol–water partition coefficient (Wildman–Crippen LogP) is 2.06. The highest BCUT2D eigenvalue weighted by Crippen LogP contribution is 2.40. The van der Waals surface area contributed by atoms with Gasteiger partial charge in [-0.25, -0.2) is 4.79 Å². The number of carbonyl (C=O) groups excluding carboxylic acids is 3. The first-order valence-corrected chi connectivity index (χ1v) is 6.94. The second-order valence-electron chi connectivity index (χ2n) is 6.85. The Morgan fingerprint density at radius 1 is 1.11 bits per heavy atom. The smallest absolute Gasteiger partial charge is 0.277 e. The van der Waals surface area contributed by atoms with Gasteiger partial charge < -0.3 is 0 Å². The molecule has 1 spiro atoms. The predicted molar refractivity (Wildman–Crippen MR) is 70.2 cm³/mol. The average Bonchev–Trinajstić information content (AvgIpc) is 2.33. The second-order valence-corrected chi connectivity index (χ2v) is 6.85. The van der Waals surface area contributed by atoms with Gasteiger partial charge in [-0.2, -0.15) is 0 Å². The summed E-state index contributed by atoms with van der Waals surface area (Å²) in [7, 11) is 0. The van der Waals surface area contributed by atoms with Crippen molar-refractivity contribution in [1.29, 1.82) is 0 Å². The molecule has 1 aliphatic carbocycles. The van der Waals surface area contributed by atoms with E-state index in [-0.39, 0.29) is 11.3 Å². The molecule has 5 nitrogen and oxygen atoms in total. The lowest BCUT2D eigenvalue weighted by molar-refractivity contribution is -0.154. The summed E-state index contributed by atoms with van der Waals surface area (Å²) in [5, 5.41) is 2.37. The number of urea groups is 1. The quantitative estimate of drug-likeness (QED) is 0.739. The Kier molecular flexibility index (Phi) is 3.41. The summed E-state index contributed by atoms with van der Waals surface area (Å²) >= 11 is 0. The molecule has 0 aromatic rings. The minimum Gasteiger partial charge on any atom is -0.277 e. The van der Waals surface area contributed by atoms with Crippen molar-refractivity contribution in [2.24, 2.45) is 10.8 Å². The number of carbonyl (C=O) groups is 3. The van der Waals surface area contributed by atoms with Crippen LogP contribution in [0.3, 0.4) is 0 Å². The van der Waals surface area contributed by atoms with Crippen molar-refractivity contribution in [3.05, 3.63) is 0 Å². The van der Waals surface area contributed by atoms with E-state index in [4.69, 9.17) is 0 Å². The van der Waals surface area contributed by atoms with Crippen molar-refractivity contribution in [1.82, 2.24) is 10.2 Å². The van der Waals surface area contributed by atoms with Gasteiger partial charge in [-0.3, -0.25) is 19.8 Å². The molecule has 1 N–H and O–H groups in total. The lowest BCUT2D eigenvalue weighted by atomic mass is 9.71. The third-order valence-corrected chi connectivity index (χ3v) is 3.89. The molecule has 5 heteroatoms. The summed E-state index contributed by atoms with van der Waals surface area (Å²) < 4.78 is 0. The number of barbiturate groups is 1. The van der Waals surface area contributed by atoms with Gasteiger partial charge in [0.1, 0.15) is 5.41 Å². The first-order chi connectivity index (χ1) is 8.76. The fourth-order valence-electron chi connectivity index (χ4n) is 2.95. The van der Waals surface area contributed by atoms with Crippen molar-refractivity contribution in [2.45, 2.75) is 52.9 Å². The van der Waals surface area contributed by atoms with Gasteiger partial charge in [-0.05, 0) is 18.3 Å². The molecule has 106 valence electrons. The molecule has 0 radical (unpaired) electrons. The Balaban J connectivity index is 2.28. The van der Waals surface area contributed by atoms with E-state index in [0.717, 1.165) is 19.3 Å². The van der Waals surface area contributed by atoms with Crippen LogP contribution in [0.5, 0.6) is 0 Å². The number of hydrogen-bond donors (Lipinski definition) is 1. The van der Waals surface area contributed by atoms with Gasteiger partial charge >= 0.3 is 6.03 Å². The Hall–Kier alpha value is -1.39. The van der Waals surface area contributed by atoms with Crippen LogP contribution in [0, 0.1) is 10.8 Å². The molecule has 0 aromatic heterocycles. The standard InChI is InChI=1S/C14H22N2O3/c1-13(2,3)9-16-11(18)14(7-5-4-6-8-14)10(17)15-12(16)19/h4-9H2,1-3H3,(H,15,17,19). The molecule has 0 bridgehead atoms. The molecule has 1 saturated heterocycles. The van der Waals surface area contributed by atoms with Gasteiger partial charge in [0.2, 0.25) is 11.8 Å². The molecule has 2 rings (SSSR count). The normalized spacial score (nSPS) is 23.7. The first kappa shape index (κ1) is 14.0. The highest BCUT2D eigenvalue weighted by molar-refractivity contribution is 6.19. The van der Waals surface area contributed by atoms with E-state index in [1.807, 2.05) is 20.8 Å². The highest BCUT2D eigenvalue weighted by atomic mass is 16.2. The van der Waals surface area contributed by atoms with Crippen LogP contribution in [0.4, 0.5) is 4.79 Å². The van der Waals surface area contributed by atoms with E-state index < -0.39 is 17.4 Å². The number of amides is 4. The van der Waals surface area contributed by atoms with Crippen molar-refractivity contribution >= 4 is 17.8 Å². The molecular weight excluding hydrogens is 244 g/mol. The SMILES string of the molecule is CC(C)(C)CN1C(=O)NC(=O)C2(CCCCC2)C1=O. The largest absolute Gasteiger partial charge is 0.330 e. The summed E-state index contributed by atoms with van der Waals surface area (Å²) in [6.45, 7) is 6.25. The number of imide groups is 2. The van der Waals surface area contributed by atoms with Gasteiger partial charge in [-0.15, -0.1) is 0 Å². The Labute approximate surface area is 113 Å². The van der Waals surface area contributed by atoms with E-state index >= 15 is 0 Å². The third-order valence-electron chi connectivity index (χ3n) is 3.89. The summed E-state index contributed by atoms with van der Waals surface area (Å²) in [4.78, 5) is 37.9. The zero-order valence-corrected chi connectivity index (χ0v) is 11.9. The zero-order valence-electron chi connectivity index (χ0n) is 11.9. The number of nitrogens with one attached hydrogen (secondary N) is 1. The number of rotatable bonds is 1. The average molecular weight is 266 g/mol. The zero-order chi connectivity index (χ0) is 14.3.